The Balaban J connectivity index is 1.91. The number of benzene rings is 3. The standard InChI is InChI=1S/C25H18N4O2/c26-15-21-20(17-9-6-10-18(27)13-17)14-22(19-11-4-5-12-23(19)30)28-24(21)29-25(31)16-7-2-1-3-8-16/h1-14,30H,27H2,(H,28,29,31). The third-order valence-electron chi connectivity index (χ3n) is 4.78. The summed E-state index contributed by atoms with van der Waals surface area (Å²) in [7, 11) is 0. The van der Waals surface area contributed by atoms with Crippen molar-refractivity contribution in [3.05, 3.63) is 96.1 Å². The number of hydrogen-bond donors (Lipinski definition) is 3. The van der Waals surface area contributed by atoms with Gasteiger partial charge in [0.1, 0.15) is 17.4 Å². The number of phenolic OH excluding ortho intramolecular Hbond substituents is 1. The molecule has 4 N–H and O–H groups in total. The number of nitrogens with zero attached hydrogens (tertiary/aromatic N) is 2. The second-order valence-corrected chi connectivity index (χ2v) is 6.85. The van der Waals surface area contributed by atoms with E-state index in [9.17, 15) is 15.2 Å². The molecule has 0 spiro atoms. The molecule has 31 heavy (non-hydrogen) atoms. The summed E-state index contributed by atoms with van der Waals surface area (Å²) in [6, 6.07) is 26.4. The van der Waals surface area contributed by atoms with Gasteiger partial charge in [0, 0.05) is 22.4 Å². The van der Waals surface area contributed by atoms with E-state index in [1.54, 1.807) is 72.8 Å². The number of carbonyl (C=O) groups is 1. The highest BCUT2D eigenvalue weighted by Gasteiger charge is 2.19. The smallest absolute Gasteiger partial charge is 0.256 e. The van der Waals surface area contributed by atoms with Crippen LogP contribution < -0.4 is 11.1 Å². The number of nitrogens with two attached hydrogens (primary N) is 1. The van der Waals surface area contributed by atoms with Gasteiger partial charge in [-0.05, 0) is 48.0 Å². The number of nitriles is 1. The van der Waals surface area contributed by atoms with Crippen LogP contribution in [0.3, 0.4) is 0 Å². The van der Waals surface area contributed by atoms with Crippen LogP contribution in [0.15, 0.2) is 84.9 Å². The molecule has 3 aromatic carbocycles. The number of anilines is 2. The zero-order chi connectivity index (χ0) is 21.8. The lowest BCUT2D eigenvalue weighted by Gasteiger charge is -2.14. The van der Waals surface area contributed by atoms with Gasteiger partial charge in [-0.2, -0.15) is 5.26 Å². The van der Waals surface area contributed by atoms with Crippen molar-refractivity contribution in [2.75, 3.05) is 11.1 Å². The number of carbonyl (C=O) groups excluding carboxylic acids is 1. The Hall–Kier alpha value is -4.63. The van der Waals surface area contributed by atoms with Crippen molar-refractivity contribution in [3.8, 4) is 34.2 Å². The number of nitrogens with one attached hydrogen (secondary N) is 1. The van der Waals surface area contributed by atoms with E-state index in [0.29, 0.717) is 33.6 Å². The molecular weight excluding hydrogens is 388 g/mol. The number of phenols is 1. The highest BCUT2D eigenvalue weighted by molar-refractivity contribution is 6.05. The Bertz CT molecular complexity index is 1310. The fraction of sp³-hybridized carbons (Fsp3) is 0. The van der Waals surface area contributed by atoms with Crippen LogP contribution in [0, 0.1) is 11.3 Å². The molecule has 0 saturated heterocycles. The van der Waals surface area contributed by atoms with E-state index in [1.165, 1.54) is 0 Å². The number of amides is 1. The first-order valence-corrected chi connectivity index (χ1v) is 9.52. The number of aromatic hydroxyl groups is 1. The molecule has 0 unspecified atom stereocenters. The lowest BCUT2D eigenvalue weighted by Crippen LogP contribution is -2.14. The third kappa shape index (κ3) is 4.07. The Kier molecular flexibility index (Phi) is 5.33. The van der Waals surface area contributed by atoms with Gasteiger partial charge in [-0.15, -0.1) is 0 Å². The summed E-state index contributed by atoms with van der Waals surface area (Å²) in [4.78, 5) is 17.3. The fourth-order valence-electron chi connectivity index (χ4n) is 3.28. The predicted molar refractivity (Wildman–Crippen MR) is 120 cm³/mol. The van der Waals surface area contributed by atoms with Crippen molar-refractivity contribution in [3.63, 3.8) is 0 Å². The van der Waals surface area contributed by atoms with Gasteiger partial charge in [0.15, 0.2) is 5.82 Å². The highest BCUT2D eigenvalue weighted by Crippen LogP contribution is 2.35. The van der Waals surface area contributed by atoms with E-state index in [-0.39, 0.29) is 17.1 Å². The van der Waals surface area contributed by atoms with E-state index in [0.717, 1.165) is 0 Å². The van der Waals surface area contributed by atoms with Crippen LogP contribution in [-0.4, -0.2) is 16.0 Å². The minimum absolute atomic E-state index is 0.0403. The lowest BCUT2D eigenvalue weighted by atomic mass is 9.97. The number of aromatic nitrogens is 1. The number of rotatable bonds is 4. The Labute approximate surface area is 179 Å². The van der Waals surface area contributed by atoms with Crippen LogP contribution in [0.1, 0.15) is 15.9 Å². The highest BCUT2D eigenvalue weighted by atomic mass is 16.3. The lowest BCUT2D eigenvalue weighted by molar-refractivity contribution is 0.102. The summed E-state index contributed by atoms with van der Waals surface area (Å²) in [6.07, 6.45) is 0. The van der Waals surface area contributed by atoms with Gasteiger partial charge in [0.25, 0.3) is 5.91 Å². The van der Waals surface area contributed by atoms with E-state index in [2.05, 4.69) is 16.4 Å². The van der Waals surface area contributed by atoms with Gasteiger partial charge in [-0.1, -0.05) is 42.5 Å². The van der Waals surface area contributed by atoms with Crippen molar-refractivity contribution in [1.29, 1.82) is 5.26 Å². The first kappa shape index (κ1) is 19.7. The van der Waals surface area contributed by atoms with Gasteiger partial charge < -0.3 is 16.2 Å². The van der Waals surface area contributed by atoms with Crippen LogP contribution in [0.2, 0.25) is 0 Å². The van der Waals surface area contributed by atoms with E-state index in [1.807, 2.05) is 12.1 Å². The van der Waals surface area contributed by atoms with Crippen LogP contribution in [0.25, 0.3) is 22.4 Å². The van der Waals surface area contributed by atoms with Crippen molar-refractivity contribution in [2.24, 2.45) is 0 Å². The van der Waals surface area contributed by atoms with Gasteiger partial charge in [0.05, 0.1) is 5.69 Å². The van der Waals surface area contributed by atoms with Crippen molar-refractivity contribution >= 4 is 17.4 Å². The minimum Gasteiger partial charge on any atom is -0.507 e. The summed E-state index contributed by atoms with van der Waals surface area (Å²) < 4.78 is 0. The van der Waals surface area contributed by atoms with Crippen LogP contribution in [-0.2, 0) is 0 Å². The van der Waals surface area contributed by atoms with Gasteiger partial charge >= 0.3 is 0 Å². The number of hydrogen-bond acceptors (Lipinski definition) is 5. The summed E-state index contributed by atoms with van der Waals surface area (Å²) in [5, 5.41) is 23.0. The van der Waals surface area contributed by atoms with E-state index in [4.69, 9.17) is 5.73 Å². The van der Waals surface area contributed by atoms with Crippen LogP contribution >= 0.6 is 0 Å². The average Bonchev–Trinajstić information content (AvgIpc) is 2.79. The predicted octanol–water partition coefficient (Wildman–Crippen LogP) is 4.83. The second kappa shape index (κ2) is 8.39. The van der Waals surface area contributed by atoms with E-state index < -0.39 is 5.91 Å². The van der Waals surface area contributed by atoms with E-state index >= 15 is 0 Å². The van der Waals surface area contributed by atoms with Crippen LogP contribution in [0.5, 0.6) is 5.75 Å². The molecule has 0 fully saturated rings. The largest absolute Gasteiger partial charge is 0.507 e. The maximum absolute atomic E-state index is 12.8. The summed E-state index contributed by atoms with van der Waals surface area (Å²) >= 11 is 0. The summed E-state index contributed by atoms with van der Waals surface area (Å²) in [5.74, 6) is -0.245. The molecule has 0 atom stereocenters. The molecule has 6 heteroatoms. The molecule has 0 aliphatic carbocycles. The average molecular weight is 406 g/mol. The maximum Gasteiger partial charge on any atom is 0.256 e. The maximum atomic E-state index is 12.8. The molecule has 4 rings (SSSR count). The second-order valence-electron chi connectivity index (χ2n) is 6.85. The third-order valence-corrected chi connectivity index (χ3v) is 4.78. The number of para-hydroxylation sites is 1. The molecule has 0 radical (unpaired) electrons. The fourth-order valence-corrected chi connectivity index (χ4v) is 3.28. The quantitative estimate of drug-likeness (QED) is 0.420. The Morgan fingerprint density at radius 1 is 0.935 bits per heavy atom. The van der Waals surface area contributed by atoms with Crippen molar-refractivity contribution < 1.29 is 9.90 Å². The summed E-state index contributed by atoms with van der Waals surface area (Å²) in [5.41, 5.74) is 9.27. The monoisotopic (exact) mass is 406 g/mol. The molecule has 0 aliphatic heterocycles. The van der Waals surface area contributed by atoms with Gasteiger partial charge in [0.2, 0.25) is 0 Å². The normalized spacial score (nSPS) is 10.3. The molecule has 6 nitrogen and oxygen atoms in total. The number of pyridine rings is 1. The SMILES string of the molecule is N#Cc1c(-c2cccc(N)c2)cc(-c2ccccc2O)nc1NC(=O)c1ccccc1. The Morgan fingerprint density at radius 2 is 1.68 bits per heavy atom. The molecular formula is C25H18N4O2. The first-order valence-electron chi connectivity index (χ1n) is 9.52. The molecule has 1 aromatic heterocycles. The van der Waals surface area contributed by atoms with Crippen LogP contribution in [0.4, 0.5) is 11.5 Å². The summed E-state index contributed by atoms with van der Waals surface area (Å²) in [6.45, 7) is 0. The molecule has 1 heterocycles. The van der Waals surface area contributed by atoms with Gasteiger partial charge in [-0.3, -0.25) is 4.79 Å². The molecule has 1 amide bonds. The molecule has 150 valence electrons. The topological polar surface area (TPSA) is 112 Å². The van der Waals surface area contributed by atoms with Crippen molar-refractivity contribution in [1.82, 2.24) is 4.98 Å². The first-order chi connectivity index (χ1) is 15.1. The zero-order valence-electron chi connectivity index (χ0n) is 16.4. The van der Waals surface area contributed by atoms with Crippen molar-refractivity contribution in [2.45, 2.75) is 0 Å². The minimum atomic E-state index is -0.391. The molecule has 4 aromatic rings. The molecule has 0 saturated carbocycles. The zero-order valence-corrected chi connectivity index (χ0v) is 16.4. The molecule has 0 bridgehead atoms. The number of nitrogen functional groups attached to an aromatic ring is 1. The van der Waals surface area contributed by atoms with Gasteiger partial charge in [-0.25, -0.2) is 4.98 Å². The molecule has 0 aliphatic rings. The Morgan fingerprint density at radius 3 is 2.39 bits per heavy atom.